The fraction of sp³-hybridized carbons (Fsp3) is 0.143. The first-order valence-corrected chi connectivity index (χ1v) is 10.8. The number of benzene rings is 2. The molecule has 2 amide bonds. The van der Waals surface area contributed by atoms with Crippen LogP contribution < -0.4 is 14.9 Å². The quantitative estimate of drug-likeness (QED) is 0.424. The van der Waals surface area contributed by atoms with Crippen LogP contribution in [0.25, 0.3) is 6.08 Å². The number of nitrogens with zero attached hydrogens (tertiary/aromatic N) is 1. The number of aliphatic carboxylic acids is 1. The first-order valence-electron chi connectivity index (χ1n) is 9.15. The Labute approximate surface area is 198 Å². The van der Waals surface area contributed by atoms with Gasteiger partial charge in [-0.3, -0.25) is 19.8 Å². The summed E-state index contributed by atoms with van der Waals surface area (Å²) >= 11 is 12.2. The van der Waals surface area contributed by atoms with Crippen LogP contribution in [0.1, 0.15) is 22.3 Å². The molecule has 1 aliphatic rings. The third-order valence-electron chi connectivity index (χ3n) is 4.15. The maximum atomic E-state index is 12.8. The summed E-state index contributed by atoms with van der Waals surface area (Å²) < 4.78 is 10.9. The summed E-state index contributed by atoms with van der Waals surface area (Å²) in [5, 5.41) is 10.1. The molecule has 2 aromatic rings. The predicted octanol–water partition coefficient (Wildman–Crippen LogP) is 3.75. The van der Waals surface area contributed by atoms with Gasteiger partial charge in [-0.05, 0) is 54.2 Å². The van der Waals surface area contributed by atoms with Crippen molar-refractivity contribution in [2.75, 3.05) is 13.7 Å². The van der Waals surface area contributed by atoms with Crippen LogP contribution in [0, 0.1) is 0 Å². The number of thiocarbonyl (C=S) groups is 1. The lowest BCUT2D eigenvalue weighted by Crippen LogP contribution is -2.44. The first kappa shape index (κ1) is 23.6. The third-order valence-corrected chi connectivity index (χ3v) is 5.69. The average Bonchev–Trinajstić information content (AvgIpc) is 3.01. The van der Waals surface area contributed by atoms with E-state index in [2.05, 4.69) is 5.43 Å². The molecule has 0 atom stereocenters. The summed E-state index contributed by atoms with van der Waals surface area (Å²) in [6.45, 7) is -0.00395. The number of methoxy groups -OCH3 is 1. The molecular weight excluding hydrogens is 476 g/mol. The number of ether oxygens (including phenoxy) is 2. The van der Waals surface area contributed by atoms with Crippen LogP contribution in [-0.2, 0) is 9.59 Å². The van der Waals surface area contributed by atoms with E-state index in [1.165, 1.54) is 13.2 Å². The molecule has 1 fully saturated rings. The fourth-order valence-corrected chi connectivity index (χ4v) is 4.02. The number of thioether (sulfide) groups is 1. The number of hydrogen-bond acceptors (Lipinski definition) is 7. The Bertz CT molecular complexity index is 1120. The van der Waals surface area contributed by atoms with Crippen LogP contribution in [-0.4, -0.2) is 45.9 Å². The van der Waals surface area contributed by atoms with Crippen molar-refractivity contribution in [3.63, 3.8) is 0 Å². The number of nitrogens with one attached hydrogen (secondary N) is 1. The number of carbonyl (C=O) groups excluding carboxylic acids is 2. The Balaban J connectivity index is 1.73. The van der Waals surface area contributed by atoms with E-state index < -0.39 is 17.8 Å². The van der Waals surface area contributed by atoms with Crippen molar-refractivity contribution in [2.24, 2.45) is 0 Å². The minimum Gasteiger partial charge on any atom is -0.493 e. The van der Waals surface area contributed by atoms with Gasteiger partial charge in [-0.15, -0.1) is 0 Å². The third kappa shape index (κ3) is 5.78. The van der Waals surface area contributed by atoms with Crippen LogP contribution in [0.4, 0.5) is 0 Å². The summed E-state index contributed by atoms with van der Waals surface area (Å²) in [5.41, 5.74) is 3.42. The van der Waals surface area contributed by atoms with Gasteiger partial charge in [-0.2, -0.15) is 5.01 Å². The summed E-state index contributed by atoms with van der Waals surface area (Å²) in [5.74, 6) is -1.20. The molecule has 0 unspecified atom stereocenters. The molecular formula is C21H17ClN2O6S2. The van der Waals surface area contributed by atoms with Crippen molar-refractivity contribution in [3.05, 3.63) is 63.5 Å². The van der Waals surface area contributed by atoms with Crippen LogP contribution in [0.15, 0.2) is 47.4 Å². The summed E-state index contributed by atoms with van der Waals surface area (Å²) in [6, 6.07) is 11.3. The van der Waals surface area contributed by atoms with Gasteiger partial charge in [0.1, 0.15) is 0 Å². The highest BCUT2D eigenvalue weighted by molar-refractivity contribution is 8.26. The van der Waals surface area contributed by atoms with Crippen LogP contribution in [0.5, 0.6) is 11.5 Å². The topological polar surface area (TPSA) is 105 Å². The van der Waals surface area contributed by atoms with E-state index in [-0.39, 0.29) is 17.3 Å². The summed E-state index contributed by atoms with van der Waals surface area (Å²) in [6.07, 6.45) is 1.46. The minimum absolute atomic E-state index is 0.00395. The number of carboxylic acid groups (broad SMARTS) is 1. The van der Waals surface area contributed by atoms with Gasteiger partial charge in [0.15, 0.2) is 15.8 Å². The van der Waals surface area contributed by atoms with Gasteiger partial charge in [-0.25, -0.2) is 0 Å². The molecule has 0 radical (unpaired) electrons. The highest BCUT2D eigenvalue weighted by Gasteiger charge is 2.33. The molecule has 1 saturated heterocycles. The summed E-state index contributed by atoms with van der Waals surface area (Å²) in [7, 11) is 1.45. The maximum absolute atomic E-state index is 12.8. The lowest BCUT2D eigenvalue weighted by molar-refractivity contribution is -0.137. The van der Waals surface area contributed by atoms with Gasteiger partial charge in [-0.1, -0.05) is 35.5 Å². The van der Waals surface area contributed by atoms with E-state index in [1.54, 1.807) is 42.5 Å². The molecule has 8 nitrogen and oxygen atoms in total. The van der Waals surface area contributed by atoms with E-state index >= 15 is 0 Å². The number of carboxylic acids is 1. The van der Waals surface area contributed by atoms with E-state index in [0.717, 1.165) is 16.8 Å². The van der Waals surface area contributed by atoms with Gasteiger partial charge in [0, 0.05) is 10.6 Å². The molecule has 166 valence electrons. The predicted molar refractivity (Wildman–Crippen MR) is 125 cm³/mol. The first-order chi connectivity index (χ1) is 15.3. The van der Waals surface area contributed by atoms with Crippen molar-refractivity contribution < 1.29 is 29.0 Å². The molecule has 0 saturated carbocycles. The molecule has 0 bridgehead atoms. The fourth-order valence-electron chi connectivity index (χ4n) is 2.65. The Hall–Kier alpha value is -3.08. The lowest BCUT2D eigenvalue weighted by atomic mass is 10.2. The van der Waals surface area contributed by atoms with Crippen molar-refractivity contribution in [3.8, 4) is 11.5 Å². The zero-order chi connectivity index (χ0) is 23.3. The van der Waals surface area contributed by atoms with E-state index in [4.69, 9.17) is 38.4 Å². The van der Waals surface area contributed by atoms with Crippen LogP contribution in [0.3, 0.4) is 0 Å². The molecule has 2 aromatic carbocycles. The Morgan fingerprint density at radius 2 is 2.03 bits per heavy atom. The second-order valence-corrected chi connectivity index (χ2v) is 8.48. The normalized spacial score (nSPS) is 14.6. The van der Waals surface area contributed by atoms with Gasteiger partial charge < -0.3 is 14.6 Å². The van der Waals surface area contributed by atoms with E-state index in [9.17, 15) is 14.4 Å². The molecule has 1 aliphatic heterocycles. The molecule has 0 spiro atoms. The monoisotopic (exact) mass is 492 g/mol. The number of hydrazine groups is 1. The van der Waals surface area contributed by atoms with Gasteiger partial charge in [0.25, 0.3) is 11.8 Å². The SMILES string of the molecule is COc1cc(/C=C2/SC(=S)N(NC(=O)c3cccc(Cl)c3)C2=O)ccc1OCCC(=O)O. The Morgan fingerprint density at radius 1 is 1.25 bits per heavy atom. The number of rotatable bonds is 8. The second kappa shape index (κ2) is 10.5. The lowest BCUT2D eigenvalue weighted by Gasteiger charge is -2.15. The average molecular weight is 493 g/mol. The van der Waals surface area contributed by atoms with Crippen LogP contribution in [0.2, 0.25) is 5.02 Å². The zero-order valence-electron chi connectivity index (χ0n) is 16.7. The smallest absolute Gasteiger partial charge is 0.306 e. The number of halogens is 1. The molecule has 32 heavy (non-hydrogen) atoms. The molecule has 11 heteroatoms. The second-order valence-electron chi connectivity index (χ2n) is 6.37. The van der Waals surface area contributed by atoms with Crippen molar-refractivity contribution in [2.45, 2.75) is 6.42 Å². The van der Waals surface area contributed by atoms with E-state index in [0.29, 0.717) is 32.6 Å². The number of amides is 2. The zero-order valence-corrected chi connectivity index (χ0v) is 19.1. The number of hydrogen-bond donors (Lipinski definition) is 2. The molecule has 0 aromatic heterocycles. The standard InChI is InChI=1S/C21H17ClN2O6S2/c1-29-16-9-12(5-6-15(16)30-8-7-18(25)26)10-17-20(28)24(21(31)32-17)23-19(27)13-3-2-4-14(22)11-13/h2-6,9-11H,7-8H2,1H3,(H,23,27)(H,25,26)/b17-10+. The molecule has 3 rings (SSSR count). The Morgan fingerprint density at radius 3 is 2.72 bits per heavy atom. The van der Waals surface area contributed by atoms with Gasteiger partial charge >= 0.3 is 5.97 Å². The van der Waals surface area contributed by atoms with Gasteiger partial charge in [0.05, 0.1) is 25.0 Å². The van der Waals surface area contributed by atoms with E-state index in [1.807, 2.05) is 0 Å². The Kier molecular flexibility index (Phi) is 7.73. The molecule has 1 heterocycles. The van der Waals surface area contributed by atoms with Crippen molar-refractivity contribution in [1.29, 1.82) is 0 Å². The van der Waals surface area contributed by atoms with Gasteiger partial charge in [0.2, 0.25) is 0 Å². The largest absolute Gasteiger partial charge is 0.493 e. The van der Waals surface area contributed by atoms with Crippen molar-refractivity contribution in [1.82, 2.24) is 10.4 Å². The van der Waals surface area contributed by atoms with Crippen LogP contribution >= 0.6 is 35.6 Å². The molecule has 0 aliphatic carbocycles. The van der Waals surface area contributed by atoms with Crippen molar-refractivity contribution >= 4 is 63.8 Å². The highest BCUT2D eigenvalue weighted by Crippen LogP contribution is 2.34. The highest BCUT2D eigenvalue weighted by atomic mass is 35.5. The maximum Gasteiger partial charge on any atom is 0.306 e. The number of carbonyl (C=O) groups is 3. The molecule has 2 N–H and O–H groups in total. The minimum atomic E-state index is -0.968. The summed E-state index contributed by atoms with van der Waals surface area (Å²) in [4.78, 5) is 36.2.